The van der Waals surface area contributed by atoms with Crippen LogP contribution in [0.4, 0.5) is 0 Å². The molecule has 0 bridgehead atoms. The van der Waals surface area contributed by atoms with Crippen LogP contribution in [-0.4, -0.2) is 21.0 Å². The second-order valence-electron chi connectivity index (χ2n) is 4.07. The van der Waals surface area contributed by atoms with Gasteiger partial charge in [0.25, 0.3) is 0 Å². The highest BCUT2D eigenvalue weighted by atomic mass is 127. The SMILES string of the molecule is CCCn1cc(C(=O)OCc2ccc(I)cc2)nn1. The summed E-state index contributed by atoms with van der Waals surface area (Å²) in [4.78, 5) is 11.8. The molecule has 0 saturated carbocycles. The van der Waals surface area contributed by atoms with E-state index in [-0.39, 0.29) is 12.3 Å². The van der Waals surface area contributed by atoms with Crippen molar-refractivity contribution >= 4 is 28.6 Å². The summed E-state index contributed by atoms with van der Waals surface area (Å²) in [6.45, 7) is 3.03. The van der Waals surface area contributed by atoms with E-state index in [4.69, 9.17) is 4.74 Å². The molecule has 0 radical (unpaired) electrons. The third kappa shape index (κ3) is 4.02. The maximum absolute atomic E-state index is 11.8. The Labute approximate surface area is 125 Å². The van der Waals surface area contributed by atoms with Crippen molar-refractivity contribution in [2.24, 2.45) is 0 Å². The van der Waals surface area contributed by atoms with Crippen molar-refractivity contribution in [3.05, 3.63) is 45.3 Å². The van der Waals surface area contributed by atoms with Crippen molar-refractivity contribution in [1.82, 2.24) is 15.0 Å². The topological polar surface area (TPSA) is 57.0 Å². The minimum Gasteiger partial charge on any atom is -0.456 e. The molecule has 0 fully saturated rings. The van der Waals surface area contributed by atoms with Gasteiger partial charge in [-0.25, -0.2) is 4.79 Å². The first-order valence-corrected chi connectivity index (χ1v) is 7.08. The van der Waals surface area contributed by atoms with Crippen molar-refractivity contribution in [2.75, 3.05) is 0 Å². The number of hydrogen-bond donors (Lipinski definition) is 0. The Balaban J connectivity index is 1.91. The minimum absolute atomic E-state index is 0.246. The molecule has 2 aromatic rings. The molecule has 5 nitrogen and oxygen atoms in total. The van der Waals surface area contributed by atoms with Gasteiger partial charge in [-0.1, -0.05) is 24.3 Å². The summed E-state index contributed by atoms with van der Waals surface area (Å²) in [6, 6.07) is 7.81. The molecule has 1 heterocycles. The number of carbonyl (C=O) groups is 1. The smallest absolute Gasteiger partial charge is 0.360 e. The number of esters is 1. The second kappa shape index (κ2) is 6.65. The molecule has 0 amide bonds. The minimum atomic E-state index is -0.444. The molecule has 19 heavy (non-hydrogen) atoms. The van der Waals surface area contributed by atoms with E-state index in [0.29, 0.717) is 0 Å². The van der Waals surface area contributed by atoms with Crippen LogP contribution in [0.3, 0.4) is 0 Å². The average Bonchev–Trinajstić information content (AvgIpc) is 2.87. The van der Waals surface area contributed by atoms with Gasteiger partial charge in [0.1, 0.15) is 6.61 Å². The first kappa shape index (κ1) is 14.0. The van der Waals surface area contributed by atoms with Gasteiger partial charge in [0.05, 0.1) is 6.20 Å². The van der Waals surface area contributed by atoms with E-state index >= 15 is 0 Å². The van der Waals surface area contributed by atoms with E-state index in [1.54, 1.807) is 10.9 Å². The maximum atomic E-state index is 11.8. The van der Waals surface area contributed by atoms with Gasteiger partial charge in [-0.2, -0.15) is 0 Å². The highest BCUT2D eigenvalue weighted by molar-refractivity contribution is 14.1. The predicted molar refractivity (Wildman–Crippen MR) is 78.6 cm³/mol. The zero-order chi connectivity index (χ0) is 13.7. The Morgan fingerprint density at radius 3 is 2.79 bits per heavy atom. The summed E-state index contributed by atoms with van der Waals surface area (Å²) in [5, 5.41) is 7.66. The lowest BCUT2D eigenvalue weighted by Crippen LogP contribution is -2.05. The van der Waals surface area contributed by atoms with Crippen LogP contribution in [0.5, 0.6) is 0 Å². The van der Waals surface area contributed by atoms with Gasteiger partial charge in [0.15, 0.2) is 5.69 Å². The highest BCUT2D eigenvalue weighted by Crippen LogP contribution is 2.08. The molecular weight excluding hydrogens is 357 g/mol. The molecule has 0 unspecified atom stereocenters. The number of benzene rings is 1. The lowest BCUT2D eigenvalue weighted by atomic mass is 10.2. The van der Waals surface area contributed by atoms with E-state index < -0.39 is 5.97 Å². The quantitative estimate of drug-likeness (QED) is 0.599. The molecule has 6 heteroatoms. The summed E-state index contributed by atoms with van der Waals surface area (Å²) >= 11 is 2.23. The number of rotatable bonds is 5. The van der Waals surface area contributed by atoms with Crippen LogP contribution in [-0.2, 0) is 17.9 Å². The number of carbonyl (C=O) groups excluding carboxylic acids is 1. The normalized spacial score (nSPS) is 10.4. The standard InChI is InChI=1S/C13H14IN3O2/c1-2-7-17-8-12(15-16-17)13(18)19-9-10-3-5-11(14)6-4-10/h3-6,8H,2,7,9H2,1H3. The molecule has 0 spiro atoms. The molecule has 1 aromatic heterocycles. The summed E-state index contributed by atoms with van der Waals surface area (Å²) in [5.41, 5.74) is 1.20. The molecule has 0 aliphatic rings. The third-order valence-corrected chi connectivity index (χ3v) is 3.20. The zero-order valence-corrected chi connectivity index (χ0v) is 12.7. The molecule has 0 N–H and O–H groups in total. The van der Waals surface area contributed by atoms with Crippen molar-refractivity contribution < 1.29 is 9.53 Å². The fourth-order valence-electron chi connectivity index (χ4n) is 1.53. The number of halogens is 1. The third-order valence-electron chi connectivity index (χ3n) is 2.48. The monoisotopic (exact) mass is 371 g/mol. The molecule has 0 saturated heterocycles. The number of nitrogens with zero attached hydrogens (tertiary/aromatic N) is 3. The number of aromatic nitrogens is 3. The van der Waals surface area contributed by atoms with Crippen molar-refractivity contribution in [3.63, 3.8) is 0 Å². The Morgan fingerprint density at radius 1 is 1.37 bits per heavy atom. The number of hydrogen-bond acceptors (Lipinski definition) is 4. The lowest BCUT2D eigenvalue weighted by molar-refractivity contribution is 0.0465. The van der Waals surface area contributed by atoms with E-state index in [2.05, 4.69) is 32.9 Å². The summed E-state index contributed by atoms with van der Waals surface area (Å²) in [5.74, 6) is -0.444. The Morgan fingerprint density at radius 2 is 2.11 bits per heavy atom. The van der Waals surface area contributed by atoms with Crippen LogP contribution in [0.15, 0.2) is 30.5 Å². The van der Waals surface area contributed by atoms with Gasteiger partial charge in [0.2, 0.25) is 0 Å². The first-order chi connectivity index (χ1) is 9.19. The summed E-state index contributed by atoms with van der Waals surface area (Å²) < 4.78 is 7.98. The van der Waals surface area contributed by atoms with Crippen molar-refractivity contribution in [1.29, 1.82) is 0 Å². The summed E-state index contributed by atoms with van der Waals surface area (Å²) in [7, 11) is 0. The molecule has 2 rings (SSSR count). The van der Waals surface area contributed by atoms with Gasteiger partial charge >= 0.3 is 5.97 Å². The number of aryl methyl sites for hydroxylation is 1. The molecule has 100 valence electrons. The van der Waals surface area contributed by atoms with Gasteiger partial charge in [-0.15, -0.1) is 5.10 Å². The van der Waals surface area contributed by atoms with Gasteiger partial charge in [-0.05, 0) is 46.7 Å². The first-order valence-electron chi connectivity index (χ1n) is 6.00. The molecule has 0 aliphatic heterocycles. The lowest BCUT2D eigenvalue weighted by Gasteiger charge is -2.02. The van der Waals surface area contributed by atoms with Gasteiger partial charge < -0.3 is 4.74 Å². The van der Waals surface area contributed by atoms with Crippen LogP contribution in [0.1, 0.15) is 29.4 Å². The fourth-order valence-corrected chi connectivity index (χ4v) is 1.89. The van der Waals surface area contributed by atoms with E-state index in [1.165, 1.54) is 0 Å². The largest absolute Gasteiger partial charge is 0.456 e. The van der Waals surface area contributed by atoms with Crippen LogP contribution in [0.25, 0.3) is 0 Å². The van der Waals surface area contributed by atoms with Crippen molar-refractivity contribution in [3.8, 4) is 0 Å². The summed E-state index contributed by atoms with van der Waals surface area (Å²) in [6.07, 6.45) is 2.56. The number of ether oxygens (including phenoxy) is 1. The molecule has 0 aliphatic carbocycles. The van der Waals surface area contributed by atoms with E-state index in [1.807, 2.05) is 31.2 Å². The Hall–Kier alpha value is -1.44. The highest BCUT2D eigenvalue weighted by Gasteiger charge is 2.12. The second-order valence-corrected chi connectivity index (χ2v) is 5.32. The Bertz CT molecular complexity index is 551. The van der Waals surface area contributed by atoms with Gasteiger partial charge in [0, 0.05) is 10.1 Å². The van der Waals surface area contributed by atoms with Crippen LogP contribution in [0.2, 0.25) is 0 Å². The zero-order valence-electron chi connectivity index (χ0n) is 10.5. The van der Waals surface area contributed by atoms with Crippen molar-refractivity contribution in [2.45, 2.75) is 26.5 Å². The van der Waals surface area contributed by atoms with Crippen LogP contribution >= 0.6 is 22.6 Å². The molecule has 1 aromatic carbocycles. The maximum Gasteiger partial charge on any atom is 0.360 e. The predicted octanol–water partition coefficient (Wildman–Crippen LogP) is 2.65. The van der Waals surface area contributed by atoms with Gasteiger partial charge in [-0.3, -0.25) is 4.68 Å². The molecular formula is C13H14IN3O2. The van der Waals surface area contributed by atoms with Crippen LogP contribution in [0, 0.1) is 3.57 Å². The average molecular weight is 371 g/mol. The fraction of sp³-hybridized carbons (Fsp3) is 0.308. The van der Waals surface area contributed by atoms with E-state index in [0.717, 1.165) is 22.1 Å². The molecule has 0 atom stereocenters. The van der Waals surface area contributed by atoms with E-state index in [9.17, 15) is 4.79 Å². The van der Waals surface area contributed by atoms with Crippen LogP contribution < -0.4 is 0 Å². The Kier molecular flexibility index (Phi) is 4.89.